The van der Waals surface area contributed by atoms with E-state index in [9.17, 15) is 0 Å². The van der Waals surface area contributed by atoms with E-state index in [0.717, 1.165) is 72.4 Å². The van der Waals surface area contributed by atoms with Gasteiger partial charge in [-0.15, -0.1) is 11.3 Å². The van der Waals surface area contributed by atoms with Crippen LogP contribution < -0.4 is 0 Å². The fraction of sp³-hybridized carbons (Fsp3) is 0.0577. The molecule has 0 saturated carbocycles. The van der Waals surface area contributed by atoms with E-state index in [2.05, 4.69) is 127 Å². The van der Waals surface area contributed by atoms with Crippen molar-refractivity contribution in [1.29, 1.82) is 0 Å². The average molecular weight is 763 g/mol. The molecular weight excluding hydrogens is 729 g/mol. The number of thiophene rings is 1. The molecule has 0 spiro atoms. The Balaban J connectivity index is 1.02. The lowest BCUT2D eigenvalue weighted by molar-refractivity contribution is 0.669. The number of rotatable bonds is 5. The summed E-state index contributed by atoms with van der Waals surface area (Å²) in [4.78, 5) is 17.1. The van der Waals surface area contributed by atoms with Gasteiger partial charge in [-0.25, -0.2) is 4.98 Å². The van der Waals surface area contributed by atoms with Crippen LogP contribution in [0.25, 0.3) is 111 Å². The molecule has 12 rings (SSSR count). The summed E-state index contributed by atoms with van der Waals surface area (Å²) in [5.74, 6) is 2.33. The molecule has 0 amide bonds. The highest BCUT2D eigenvalue weighted by molar-refractivity contribution is 7.19. The van der Waals surface area contributed by atoms with E-state index in [-0.39, 0.29) is 0 Å². The lowest BCUT2D eigenvalue weighted by Crippen LogP contribution is -2.07. The molecule has 274 valence electrons. The summed E-state index contributed by atoms with van der Waals surface area (Å²) in [5.41, 5.74) is 11.6. The van der Waals surface area contributed by atoms with Gasteiger partial charge in [0.2, 0.25) is 5.95 Å². The van der Waals surface area contributed by atoms with Gasteiger partial charge >= 0.3 is 0 Å². The van der Waals surface area contributed by atoms with Gasteiger partial charge < -0.3 is 4.42 Å². The quantitative estimate of drug-likeness (QED) is 0.175. The summed E-state index contributed by atoms with van der Waals surface area (Å²) >= 11 is 1.94. The first-order valence-electron chi connectivity index (χ1n) is 19.7. The molecule has 6 heteroatoms. The molecule has 0 radical (unpaired) electrons. The molecule has 11 aromatic rings. The third kappa shape index (κ3) is 5.26. The summed E-state index contributed by atoms with van der Waals surface area (Å²) in [6.45, 7) is 2.30. The van der Waals surface area contributed by atoms with Crippen LogP contribution in [0.5, 0.6) is 0 Å². The van der Waals surface area contributed by atoms with Crippen molar-refractivity contribution in [3.05, 3.63) is 174 Å². The molecule has 1 aliphatic carbocycles. The molecule has 0 aliphatic heterocycles. The summed E-state index contributed by atoms with van der Waals surface area (Å²) in [6, 6.07) is 55.5. The number of para-hydroxylation sites is 3. The lowest BCUT2D eigenvalue weighted by Gasteiger charge is -2.13. The first-order valence-corrected chi connectivity index (χ1v) is 20.5. The van der Waals surface area contributed by atoms with Crippen LogP contribution >= 0.6 is 11.3 Å². The second-order valence-electron chi connectivity index (χ2n) is 15.3. The van der Waals surface area contributed by atoms with Crippen LogP contribution in [0.1, 0.15) is 17.4 Å². The van der Waals surface area contributed by atoms with Crippen molar-refractivity contribution in [3.63, 3.8) is 0 Å². The second kappa shape index (κ2) is 12.9. The number of aromatic nitrogens is 4. The summed E-state index contributed by atoms with van der Waals surface area (Å²) < 4.78 is 9.88. The Bertz CT molecular complexity index is 3440. The normalized spacial score (nSPS) is 14.0. The Labute approximate surface area is 338 Å². The summed E-state index contributed by atoms with van der Waals surface area (Å²) in [7, 11) is 0. The van der Waals surface area contributed by atoms with E-state index in [4.69, 9.17) is 19.4 Å². The molecule has 1 aliphatic rings. The predicted octanol–water partition coefficient (Wildman–Crippen LogP) is 14.0. The van der Waals surface area contributed by atoms with Gasteiger partial charge in [0.25, 0.3) is 0 Å². The third-order valence-corrected chi connectivity index (χ3v) is 12.8. The predicted molar refractivity (Wildman–Crippen MR) is 240 cm³/mol. The van der Waals surface area contributed by atoms with Crippen LogP contribution in [-0.2, 0) is 6.42 Å². The van der Waals surface area contributed by atoms with Crippen molar-refractivity contribution in [1.82, 2.24) is 19.5 Å². The number of fused-ring (bicyclic) bond motifs is 9. The Kier molecular flexibility index (Phi) is 7.37. The Hall–Kier alpha value is -7.15. The van der Waals surface area contributed by atoms with Crippen molar-refractivity contribution >= 4 is 71.2 Å². The highest BCUT2D eigenvalue weighted by atomic mass is 32.1. The fourth-order valence-corrected chi connectivity index (χ4v) is 10.2. The number of hydrogen-bond donors (Lipinski definition) is 0. The largest absolute Gasteiger partial charge is 0.456 e. The molecule has 0 bridgehead atoms. The molecule has 0 fully saturated rings. The zero-order valence-electron chi connectivity index (χ0n) is 31.6. The van der Waals surface area contributed by atoms with Crippen LogP contribution in [0.15, 0.2) is 168 Å². The molecule has 7 aromatic carbocycles. The molecule has 58 heavy (non-hydrogen) atoms. The third-order valence-electron chi connectivity index (χ3n) is 11.6. The minimum atomic E-state index is 0.556. The van der Waals surface area contributed by atoms with Gasteiger partial charge in [-0.3, -0.25) is 4.57 Å². The molecule has 1 atom stereocenters. The minimum Gasteiger partial charge on any atom is -0.456 e. The van der Waals surface area contributed by atoms with Crippen LogP contribution in [0, 0.1) is 5.92 Å². The highest BCUT2D eigenvalue weighted by Crippen LogP contribution is 2.41. The average Bonchev–Trinajstić information content (AvgIpc) is 3.95. The van der Waals surface area contributed by atoms with Crippen molar-refractivity contribution in [2.24, 2.45) is 5.92 Å². The van der Waals surface area contributed by atoms with Crippen LogP contribution in [-0.4, -0.2) is 19.5 Å². The fourth-order valence-electron chi connectivity index (χ4n) is 8.78. The molecular formula is C52H34N4OS. The zero-order valence-corrected chi connectivity index (χ0v) is 32.4. The van der Waals surface area contributed by atoms with Gasteiger partial charge in [-0.1, -0.05) is 146 Å². The van der Waals surface area contributed by atoms with Crippen LogP contribution in [0.3, 0.4) is 0 Å². The maximum absolute atomic E-state index is 6.31. The highest BCUT2D eigenvalue weighted by Gasteiger charge is 2.22. The molecule has 4 heterocycles. The van der Waals surface area contributed by atoms with Gasteiger partial charge in [0.05, 0.1) is 11.0 Å². The van der Waals surface area contributed by atoms with E-state index >= 15 is 0 Å². The van der Waals surface area contributed by atoms with Crippen LogP contribution in [0.4, 0.5) is 0 Å². The molecule has 5 nitrogen and oxygen atoms in total. The smallest absolute Gasteiger partial charge is 0.238 e. The van der Waals surface area contributed by atoms with Gasteiger partial charge in [0, 0.05) is 47.8 Å². The molecule has 0 N–H and O–H groups in total. The second-order valence-corrected chi connectivity index (χ2v) is 16.4. The van der Waals surface area contributed by atoms with Gasteiger partial charge in [0.1, 0.15) is 11.2 Å². The van der Waals surface area contributed by atoms with E-state index < -0.39 is 0 Å². The van der Waals surface area contributed by atoms with Gasteiger partial charge in [-0.05, 0) is 70.3 Å². The minimum absolute atomic E-state index is 0.556. The van der Waals surface area contributed by atoms with Gasteiger partial charge in [0.15, 0.2) is 11.6 Å². The topological polar surface area (TPSA) is 56.7 Å². The monoisotopic (exact) mass is 762 g/mol. The summed E-state index contributed by atoms with van der Waals surface area (Å²) in [5, 5.41) is 5.78. The van der Waals surface area contributed by atoms with E-state index in [1.54, 1.807) is 0 Å². The number of hydrogen-bond acceptors (Lipinski definition) is 5. The van der Waals surface area contributed by atoms with E-state index in [1.807, 2.05) is 65.9 Å². The van der Waals surface area contributed by atoms with Crippen molar-refractivity contribution in [2.75, 3.05) is 0 Å². The number of nitrogens with zero attached hydrogens (tertiary/aromatic N) is 4. The zero-order chi connectivity index (χ0) is 38.3. The Morgan fingerprint density at radius 2 is 1.24 bits per heavy atom. The van der Waals surface area contributed by atoms with E-state index in [0.29, 0.717) is 23.5 Å². The van der Waals surface area contributed by atoms with Crippen molar-refractivity contribution < 1.29 is 4.42 Å². The maximum Gasteiger partial charge on any atom is 0.238 e. The Morgan fingerprint density at radius 1 is 0.552 bits per heavy atom. The standard InChI is InChI=1S/C52H34N4OS/c1-31-18-25-41-42-27-23-35(30-48(42)58-47(41)28-31)32-19-21-33(22-20-32)37-14-9-15-43-38-12-5-7-16-44(38)56(49(37)43)52-54-50(34-10-3-2-4-11-34)53-51(55-52)36-24-26-40-39-13-6-8-17-45(39)57-46(40)29-36/h2-27,29-31H,28H2,1H3. The number of furan rings is 1. The van der Waals surface area contributed by atoms with Gasteiger partial charge in [-0.2, -0.15) is 9.97 Å². The Morgan fingerprint density at radius 3 is 2.12 bits per heavy atom. The molecule has 0 saturated heterocycles. The first-order chi connectivity index (χ1) is 28.6. The number of benzene rings is 7. The molecule has 1 unspecified atom stereocenters. The van der Waals surface area contributed by atoms with Crippen molar-refractivity contribution in [3.8, 4) is 51.0 Å². The lowest BCUT2D eigenvalue weighted by atomic mass is 9.94. The maximum atomic E-state index is 6.31. The first kappa shape index (κ1) is 33.0. The molecule has 4 aromatic heterocycles. The number of allylic oxidation sites excluding steroid dienone is 1. The van der Waals surface area contributed by atoms with E-state index in [1.165, 1.54) is 31.7 Å². The SMILES string of the molecule is CC1C=Cc2c(sc3cc(-c4ccc(-c5cccc6c7ccccc7n(-c7nc(-c8ccccc8)nc(-c8ccc9c(c8)oc8ccccc89)n7)c56)cc4)ccc23)C1. The van der Waals surface area contributed by atoms with Crippen molar-refractivity contribution in [2.45, 2.75) is 13.3 Å². The van der Waals surface area contributed by atoms with Crippen LogP contribution in [0.2, 0.25) is 0 Å². The summed E-state index contributed by atoms with van der Waals surface area (Å²) in [6.07, 6.45) is 5.78.